The molecule has 0 saturated heterocycles. The average molecular weight is 262 g/mol. The van der Waals surface area contributed by atoms with E-state index in [0.717, 1.165) is 24.8 Å². The first-order chi connectivity index (χ1) is 9.22. The second kappa shape index (κ2) is 7.01. The summed E-state index contributed by atoms with van der Waals surface area (Å²) in [5.41, 5.74) is 2.39. The third-order valence-corrected chi connectivity index (χ3v) is 3.95. The maximum atomic E-state index is 5.64. The molecule has 0 bridgehead atoms. The molecule has 0 radical (unpaired) electrons. The number of nitrogens with zero attached hydrogens (tertiary/aromatic N) is 1. The molecule has 1 aliphatic rings. The van der Waals surface area contributed by atoms with E-state index in [2.05, 4.69) is 36.3 Å². The van der Waals surface area contributed by atoms with Gasteiger partial charge in [-0.1, -0.05) is 13.0 Å². The minimum atomic E-state index is 0.436. The number of aryl methyl sites for hydroxylation is 1. The molecule has 0 aromatic carbocycles. The second-order valence-corrected chi connectivity index (χ2v) is 5.49. The van der Waals surface area contributed by atoms with Crippen molar-refractivity contribution >= 4 is 0 Å². The van der Waals surface area contributed by atoms with Gasteiger partial charge in [0.2, 0.25) is 0 Å². The highest BCUT2D eigenvalue weighted by Crippen LogP contribution is 2.36. The fourth-order valence-corrected chi connectivity index (χ4v) is 2.84. The van der Waals surface area contributed by atoms with Crippen LogP contribution in [0, 0.1) is 12.8 Å². The Balaban J connectivity index is 1.88. The van der Waals surface area contributed by atoms with Crippen molar-refractivity contribution in [2.75, 3.05) is 13.2 Å². The summed E-state index contributed by atoms with van der Waals surface area (Å²) in [6.07, 6.45) is 6.15. The maximum Gasteiger partial charge on any atom is 0.0580 e. The predicted octanol–water partition coefficient (Wildman–Crippen LogP) is 3.25. The highest BCUT2D eigenvalue weighted by molar-refractivity contribution is 5.17. The van der Waals surface area contributed by atoms with Crippen molar-refractivity contribution in [2.45, 2.75) is 52.2 Å². The fourth-order valence-electron chi connectivity index (χ4n) is 2.84. The molecule has 0 aliphatic heterocycles. The maximum absolute atomic E-state index is 5.64. The number of hydrogen-bond acceptors (Lipinski definition) is 3. The van der Waals surface area contributed by atoms with Crippen LogP contribution in [-0.4, -0.2) is 24.2 Å². The molecule has 19 heavy (non-hydrogen) atoms. The van der Waals surface area contributed by atoms with Gasteiger partial charge in [0.1, 0.15) is 0 Å². The van der Waals surface area contributed by atoms with Crippen molar-refractivity contribution in [2.24, 2.45) is 5.92 Å². The van der Waals surface area contributed by atoms with Gasteiger partial charge in [-0.05, 0) is 57.2 Å². The molecule has 1 atom stereocenters. The molecule has 3 nitrogen and oxygen atoms in total. The van der Waals surface area contributed by atoms with Crippen molar-refractivity contribution in [1.29, 1.82) is 0 Å². The summed E-state index contributed by atoms with van der Waals surface area (Å²) >= 11 is 0. The molecule has 1 N–H and O–H groups in total. The van der Waals surface area contributed by atoms with Gasteiger partial charge in [-0.3, -0.25) is 4.98 Å². The lowest BCUT2D eigenvalue weighted by Gasteiger charge is -2.37. The summed E-state index contributed by atoms with van der Waals surface area (Å²) in [6, 6.07) is 4.74. The molecule has 1 aromatic heterocycles. The highest BCUT2D eigenvalue weighted by atomic mass is 16.5. The minimum absolute atomic E-state index is 0.436. The van der Waals surface area contributed by atoms with Gasteiger partial charge in [-0.15, -0.1) is 0 Å². The van der Waals surface area contributed by atoms with E-state index in [-0.39, 0.29) is 0 Å². The first-order valence-corrected chi connectivity index (χ1v) is 7.50. The number of hydrogen-bond donors (Lipinski definition) is 1. The fraction of sp³-hybridized carbons (Fsp3) is 0.688. The first-order valence-electron chi connectivity index (χ1n) is 7.50. The van der Waals surface area contributed by atoms with Crippen LogP contribution in [0.1, 0.15) is 50.4 Å². The molecule has 1 unspecified atom stereocenters. The van der Waals surface area contributed by atoms with Crippen LogP contribution in [-0.2, 0) is 4.74 Å². The van der Waals surface area contributed by atoms with Crippen molar-refractivity contribution in [3.8, 4) is 0 Å². The lowest BCUT2D eigenvalue weighted by molar-refractivity contribution is -0.0291. The van der Waals surface area contributed by atoms with Crippen LogP contribution in [0.2, 0.25) is 0 Å². The molecule has 1 fully saturated rings. The van der Waals surface area contributed by atoms with E-state index in [0.29, 0.717) is 12.1 Å². The van der Waals surface area contributed by atoms with Crippen LogP contribution in [0.25, 0.3) is 0 Å². The van der Waals surface area contributed by atoms with Crippen LogP contribution in [0.4, 0.5) is 0 Å². The van der Waals surface area contributed by atoms with Crippen LogP contribution in [0.5, 0.6) is 0 Å². The molecule has 1 aromatic rings. The van der Waals surface area contributed by atoms with Gasteiger partial charge in [0.25, 0.3) is 0 Å². The van der Waals surface area contributed by atoms with Crippen molar-refractivity contribution in [3.63, 3.8) is 0 Å². The Morgan fingerprint density at radius 2 is 2.16 bits per heavy atom. The smallest absolute Gasteiger partial charge is 0.0580 e. The van der Waals surface area contributed by atoms with Crippen LogP contribution >= 0.6 is 0 Å². The number of ether oxygens (including phenoxy) is 1. The minimum Gasteiger partial charge on any atom is -0.378 e. The monoisotopic (exact) mass is 262 g/mol. The number of rotatable bonds is 7. The summed E-state index contributed by atoms with van der Waals surface area (Å²) in [5, 5.41) is 3.58. The number of aromatic nitrogens is 1. The highest BCUT2D eigenvalue weighted by Gasteiger charge is 2.31. The summed E-state index contributed by atoms with van der Waals surface area (Å²) in [6.45, 7) is 8.12. The topological polar surface area (TPSA) is 34.1 Å². The molecule has 106 valence electrons. The Bertz CT molecular complexity index is 371. The molecular formula is C16H26N2O. The van der Waals surface area contributed by atoms with E-state index in [9.17, 15) is 0 Å². The van der Waals surface area contributed by atoms with Crippen molar-refractivity contribution < 1.29 is 4.74 Å². The molecule has 2 rings (SSSR count). The predicted molar refractivity (Wildman–Crippen MR) is 78.1 cm³/mol. The number of pyridine rings is 1. The van der Waals surface area contributed by atoms with Gasteiger partial charge >= 0.3 is 0 Å². The molecular weight excluding hydrogens is 236 g/mol. The standard InChI is InChI=1S/C16H26N2O/c1-4-17-16(14-7-6-12(3)18-11-14)10-13-8-15(9-13)19-5-2/h6-7,11,13,15-17H,4-5,8-10H2,1-3H3. The van der Waals surface area contributed by atoms with Gasteiger partial charge < -0.3 is 10.1 Å². The third-order valence-electron chi connectivity index (χ3n) is 3.95. The summed E-state index contributed by atoms with van der Waals surface area (Å²) in [5.74, 6) is 0.793. The average Bonchev–Trinajstić information content (AvgIpc) is 2.36. The summed E-state index contributed by atoms with van der Waals surface area (Å²) < 4.78 is 5.64. The zero-order valence-electron chi connectivity index (χ0n) is 12.4. The molecule has 3 heteroatoms. The van der Waals surface area contributed by atoms with E-state index in [1.165, 1.54) is 24.8 Å². The molecule has 1 saturated carbocycles. The Hall–Kier alpha value is -0.930. The molecule has 0 spiro atoms. The molecule has 0 amide bonds. The zero-order valence-corrected chi connectivity index (χ0v) is 12.4. The van der Waals surface area contributed by atoms with Gasteiger partial charge in [0.15, 0.2) is 0 Å². The Kier molecular flexibility index (Phi) is 5.34. The van der Waals surface area contributed by atoms with E-state index in [1.54, 1.807) is 0 Å². The lowest BCUT2D eigenvalue weighted by atomic mass is 9.77. The van der Waals surface area contributed by atoms with Gasteiger partial charge in [-0.25, -0.2) is 0 Å². The van der Waals surface area contributed by atoms with Gasteiger partial charge in [0, 0.05) is 24.5 Å². The quantitative estimate of drug-likeness (QED) is 0.819. The largest absolute Gasteiger partial charge is 0.378 e. The van der Waals surface area contributed by atoms with Gasteiger partial charge in [-0.2, -0.15) is 0 Å². The second-order valence-electron chi connectivity index (χ2n) is 5.49. The van der Waals surface area contributed by atoms with Crippen LogP contribution in [0.15, 0.2) is 18.3 Å². The Morgan fingerprint density at radius 1 is 1.37 bits per heavy atom. The van der Waals surface area contributed by atoms with E-state index < -0.39 is 0 Å². The van der Waals surface area contributed by atoms with Crippen LogP contribution < -0.4 is 5.32 Å². The molecule has 1 aliphatic carbocycles. The normalized spacial score (nSPS) is 23.9. The Morgan fingerprint density at radius 3 is 2.74 bits per heavy atom. The van der Waals surface area contributed by atoms with E-state index in [1.807, 2.05) is 13.1 Å². The first kappa shape index (κ1) is 14.5. The lowest BCUT2D eigenvalue weighted by Crippen LogP contribution is -2.34. The van der Waals surface area contributed by atoms with E-state index >= 15 is 0 Å². The van der Waals surface area contributed by atoms with Crippen LogP contribution in [0.3, 0.4) is 0 Å². The van der Waals surface area contributed by atoms with Crippen molar-refractivity contribution in [1.82, 2.24) is 10.3 Å². The van der Waals surface area contributed by atoms with Gasteiger partial charge in [0.05, 0.1) is 6.10 Å². The van der Waals surface area contributed by atoms with Crippen molar-refractivity contribution in [3.05, 3.63) is 29.6 Å². The summed E-state index contributed by atoms with van der Waals surface area (Å²) in [7, 11) is 0. The number of nitrogens with one attached hydrogen (secondary N) is 1. The SMILES string of the molecule is CCNC(CC1CC(OCC)C1)c1ccc(C)nc1. The zero-order chi connectivity index (χ0) is 13.7. The third kappa shape index (κ3) is 4.02. The van der Waals surface area contributed by atoms with E-state index in [4.69, 9.17) is 4.74 Å². The molecule has 1 heterocycles. The summed E-state index contributed by atoms with van der Waals surface area (Å²) in [4.78, 5) is 4.41. The Labute approximate surface area is 116 Å².